The molecule has 7 N–H and O–H groups in total. The van der Waals surface area contributed by atoms with Gasteiger partial charge in [0.25, 0.3) is 0 Å². The van der Waals surface area contributed by atoms with Crippen LogP contribution in [-0.2, 0) is 24.1 Å². The molecular weight excluding hydrogens is 608 g/mol. The second kappa shape index (κ2) is 12.8. The third-order valence-electron chi connectivity index (χ3n) is 13.1. The highest BCUT2D eigenvalue weighted by atomic mass is 32.3. The molecule has 0 amide bonds. The molecule has 5 unspecified atom stereocenters. The van der Waals surface area contributed by atoms with Gasteiger partial charge in [0.05, 0.1) is 36.6 Å². The molecule has 0 aromatic rings. The molecular formula is C32H56O12S. The Morgan fingerprint density at radius 2 is 1.56 bits per heavy atom. The molecule has 16 atom stereocenters. The lowest BCUT2D eigenvalue weighted by Gasteiger charge is -2.66. The van der Waals surface area contributed by atoms with E-state index in [0.29, 0.717) is 38.5 Å². The van der Waals surface area contributed by atoms with Gasteiger partial charge in [-0.3, -0.25) is 4.55 Å². The van der Waals surface area contributed by atoms with Crippen LogP contribution in [0.3, 0.4) is 0 Å². The largest absolute Gasteiger partial charge is 0.397 e. The Morgan fingerprint density at radius 3 is 2.20 bits per heavy atom. The van der Waals surface area contributed by atoms with Crippen molar-refractivity contribution in [2.45, 2.75) is 147 Å². The Balaban J connectivity index is 1.29. The van der Waals surface area contributed by atoms with E-state index in [0.717, 1.165) is 12.8 Å². The normalized spacial score (nSPS) is 50.0. The Bertz CT molecular complexity index is 1150. The molecule has 4 saturated carbocycles. The maximum Gasteiger partial charge on any atom is 0.397 e. The van der Waals surface area contributed by atoms with E-state index in [2.05, 4.69) is 20.8 Å². The van der Waals surface area contributed by atoms with Crippen molar-refractivity contribution < 1.29 is 57.3 Å². The molecule has 5 fully saturated rings. The number of aliphatic hydroxyl groups excluding tert-OH is 5. The van der Waals surface area contributed by atoms with Gasteiger partial charge in [0.15, 0.2) is 6.29 Å². The molecule has 0 bridgehead atoms. The van der Waals surface area contributed by atoms with Gasteiger partial charge in [0.2, 0.25) is 0 Å². The summed E-state index contributed by atoms with van der Waals surface area (Å²) in [5.74, 6) is -0.683. The molecule has 5 rings (SSSR count). The maximum atomic E-state index is 12.6. The summed E-state index contributed by atoms with van der Waals surface area (Å²) in [7, 11) is -4.58. The quantitative estimate of drug-likeness (QED) is 0.139. The summed E-state index contributed by atoms with van der Waals surface area (Å²) in [6, 6.07) is 0. The van der Waals surface area contributed by atoms with Crippen molar-refractivity contribution in [3.63, 3.8) is 0 Å². The summed E-state index contributed by atoms with van der Waals surface area (Å²) in [4.78, 5) is 0. The molecule has 13 heteroatoms. The summed E-state index contributed by atoms with van der Waals surface area (Å²) in [5, 5.41) is 66.1. The van der Waals surface area contributed by atoms with Gasteiger partial charge in [-0.2, -0.15) is 8.42 Å². The first-order valence-corrected chi connectivity index (χ1v) is 18.2. The Kier molecular flexibility index (Phi) is 10.2. The second-order valence-corrected chi connectivity index (χ2v) is 17.1. The lowest BCUT2D eigenvalue weighted by atomic mass is 9.42. The topological polar surface area (TPSA) is 203 Å². The highest BCUT2D eigenvalue weighted by Gasteiger charge is 2.70. The zero-order valence-corrected chi connectivity index (χ0v) is 28.1. The SMILES string of the molecule is CC(C)C(CC[C@@H](C)[C@H]1CC(O)[C@@H]2[C@]1(C)CC[C@H]1[C@@]2(O)CC(O)C2CC(O[C@H]3OC[C@@H](O)[C@H](O)[C@H]3O)CC[C@@]21C)OS(=O)(=O)O. The van der Waals surface area contributed by atoms with Gasteiger partial charge in [0, 0.05) is 12.3 Å². The van der Waals surface area contributed by atoms with Gasteiger partial charge in [-0.15, -0.1) is 0 Å². The Labute approximate surface area is 267 Å². The van der Waals surface area contributed by atoms with Crippen LogP contribution in [-0.4, -0.2) is 105 Å². The maximum absolute atomic E-state index is 12.6. The van der Waals surface area contributed by atoms with Crippen molar-refractivity contribution in [1.82, 2.24) is 0 Å². The van der Waals surface area contributed by atoms with Crippen molar-refractivity contribution in [3.05, 3.63) is 0 Å². The molecule has 0 aromatic heterocycles. The van der Waals surface area contributed by atoms with Gasteiger partial charge in [-0.1, -0.05) is 34.6 Å². The highest BCUT2D eigenvalue weighted by Crippen LogP contribution is 2.70. The molecule has 45 heavy (non-hydrogen) atoms. The average molecular weight is 665 g/mol. The third-order valence-corrected chi connectivity index (χ3v) is 13.6. The van der Waals surface area contributed by atoms with Crippen LogP contribution in [0.4, 0.5) is 0 Å². The van der Waals surface area contributed by atoms with Crippen molar-refractivity contribution in [2.24, 2.45) is 46.3 Å². The monoisotopic (exact) mass is 664 g/mol. The lowest BCUT2D eigenvalue weighted by molar-refractivity contribution is -0.300. The van der Waals surface area contributed by atoms with E-state index in [1.54, 1.807) is 0 Å². The smallest absolute Gasteiger partial charge is 0.393 e. The van der Waals surface area contributed by atoms with Gasteiger partial charge in [-0.25, -0.2) is 4.18 Å². The fraction of sp³-hybridized carbons (Fsp3) is 1.00. The fourth-order valence-electron chi connectivity index (χ4n) is 10.9. The Hall–Kier alpha value is -0.450. The van der Waals surface area contributed by atoms with Gasteiger partial charge < -0.3 is 40.1 Å². The zero-order chi connectivity index (χ0) is 33.3. The molecule has 0 aromatic carbocycles. The summed E-state index contributed by atoms with van der Waals surface area (Å²) < 4.78 is 48.6. The van der Waals surface area contributed by atoms with Crippen LogP contribution in [0.2, 0.25) is 0 Å². The van der Waals surface area contributed by atoms with Crippen LogP contribution in [0.5, 0.6) is 0 Å². The number of fused-ring (bicyclic) bond motifs is 5. The van der Waals surface area contributed by atoms with E-state index in [-0.39, 0.29) is 54.1 Å². The van der Waals surface area contributed by atoms with E-state index < -0.39 is 70.2 Å². The molecule has 1 saturated heterocycles. The average Bonchev–Trinajstić information content (AvgIpc) is 3.22. The number of hydrogen-bond donors (Lipinski definition) is 7. The first-order chi connectivity index (χ1) is 20.8. The summed E-state index contributed by atoms with van der Waals surface area (Å²) in [6.07, 6.45) is -2.50. The van der Waals surface area contributed by atoms with Crippen molar-refractivity contribution in [3.8, 4) is 0 Å². The van der Waals surface area contributed by atoms with Crippen LogP contribution in [0.15, 0.2) is 0 Å². The Morgan fingerprint density at radius 1 is 0.889 bits per heavy atom. The van der Waals surface area contributed by atoms with Crippen LogP contribution in [0, 0.1) is 46.3 Å². The minimum Gasteiger partial charge on any atom is -0.393 e. The molecule has 5 aliphatic rings. The zero-order valence-electron chi connectivity index (χ0n) is 27.2. The van der Waals surface area contributed by atoms with E-state index in [1.165, 1.54) is 0 Å². The van der Waals surface area contributed by atoms with Crippen LogP contribution >= 0.6 is 0 Å². The van der Waals surface area contributed by atoms with E-state index in [4.69, 9.17) is 13.7 Å². The predicted molar refractivity (Wildman–Crippen MR) is 162 cm³/mol. The highest BCUT2D eigenvalue weighted by molar-refractivity contribution is 7.80. The van der Waals surface area contributed by atoms with Crippen LogP contribution in [0.25, 0.3) is 0 Å². The first-order valence-electron chi connectivity index (χ1n) is 16.9. The summed E-state index contributed by atoms with van der Waals surface area (Å²) in [5.41, 5.74) is -2.06. The minimum absolute atomic E-state index is 0.0728. The standard InChI is InChI=1S/C32H56O12S/c1-16(2)24(44-45(39,40)41)7-6-17(3)19-13-21(33)28-31(19,5)11-9-25-30(4)10-8-18(12-20(30)22(34)14-32(25,28)38)43-29-27(37)26(36)23(35)15-42-29/h16-29,33-38H,6-15H2,1-5H3,(H,39,40,41)/t17-,18?,19-,20?,21?,22?,23-,24?,25-,26+,27-,28-,29-,30+,31-,32+/m1/s1. The number of rotatable bonds is 9. The molecule has 1 heterocycles. The van der Waals surface area contributed by atoms with E-state index in [9.17, 15) is 43.6 Å². The molecule has 262 valence electrons. The molecule has 12 nitrogen and oxygen atoms in total. The second-order valence-electron chi connectivity index (χ2n) is 16.0. The number of aliphatic hydroxyl groups is 6. The minimum atomic E-state index is -4.58. The van der Waals surface area contributed by atoms with E-state index in [1.807, 2.05) is 13.8 Å². The van der Waals surface area contributed by atoms with Crippen molar-refractivity contribution in [2.75, 3.05) is 6.61 Å². The van der Waals surface area contributed by atoms with Gasteiger partial charge >= 0.3 is 10.4 Å². The third kappa shape index (κ3) is 6.50. The fourth-order valence-corrected chi connectivity index (χ4v) is 11.5. The van der Waals surface area contributed by atoms with Crippen LogP contribution in [0.1, 0.15) is 92.4 Å². The number of ether oxygens (including phenoxy) is 2. The van der Waals surface area contributed by atoms with Gasteiger partial charge in [-0.05, 0) is 91.8 Å². The lowest BCUT2D eigenvalue weighted by Crippen LogP contribution is -2.68. The molecule has 0 spiro atoms. The van der Waals surface area contributed by atoms with Crippen molar-refractivity contribution >= 4 is 10.4 Å². The molecule has 1 aliphatic heterocycles. The van der Waals surface area contributed by atoms with Gasteiger partial charge in [0.1, 0.15) is 18.3 Å². The summed E-state index contributed by atoms with van der Waals surface area (Å²) >= 11 is 0. The van der Waals surface area contributed by atoms with Crippen molar-refractivity contribution in [1.29, 1.82) is 0 Å². The van der Waals surface area contributed by atoms with E-state index >= 15 is 0 Å². The van der Waals surface area contributed by atoms with Crippen LogP contribution < -0.4 is 0 Å². The first kappa shape index (κ1) is 35.8. The summed E-state index contributed by atoms with van der Waals surface area (Å²) in [6.45, 7) is 9.95. The molecule has 4 aliphatic carbocycles. The predicted octanol–water partition coefficient (Wildman–Crippen LogP) is 1.79. The molecule has 0 radical (unpaired) electrons. The number of hydrogen-bond acceptors (Lipinski definition) is 11.